The van der Waals surface area contributed by atoms with Gasteiger partial charge in [0.15, 0.2) is 42.5 Å². The second-order valence-corrected chi connectivity index (χ2v) is 12.5. The highest BCUT2D eigenvalue weighted by Crippen LogP contribution is 2.62. The SMILES string of the molecule is Nc1ncnc2c1ncn2[C@@H]1O[C@H](COP(=O)(O)OP(=O)(O)O[C@H]2[C@@H](O)[C@H]([n+]3cccc(C=O)c3)O[C@@H]2CO)[C@@H](O)[C@H]1O. The van der Waals surface area contributed by atoms with E-state index in [0.29, 0.717) is 6.29 Å². The number of fused-ring (bicyclic) bond motifs is 1. The number of nitrogens with two attached hydrogens (primary N) is 1. The first kappa shape index (κ1) is 31.6. The zero-order valence-electron chi connectivity index (χ0n) is 21.7. The van der Waals surface area contributed by atoms with Crippen LogP contribution in [0.1, 0.15) is 22.8 Å². The van der Waals surface area contributed by atoms with Crippen LogP contribution in [0.2, 0.25) is 0 Å². The van der Waals surface area contributed by atoms with Crippen LogP contribution in [0.3, 0.4) is 0 Å². The van der Waals surface area contributed by atoms with E-state index >= 15 is 0 Å². The van der Waals surface area contributed by atoms with Crippen LogP contribution in [-0.2, 0) is 32.0 Å². The number of anilines is 1. The maximum atomic E-state index is 12.7. The first-order chi connectivity index (χ1) is 20.3. The van der Waals surface area contributed by atoms with Gasteiger partial charge in [0.1, 0.15) is 42.4 Å². The van der Waals surface area contributed by atoms with E-state index in [1.165, 1.54) is 40.0 Å². The van der Waals surface area contributed by atoms with Crippen molar-refractivity contribution in [3.63, 3.8) is 0 Å². The van der Waals surface area contributed by atoms with Crippen molar-refractivity contribution in [3.8, 4) is 0 Å². The van der Waals surface area contributed by atoms with E-state index in [0.717, 1.165) is 6.33 Å². The molecule has 5 heterocycles. The molecule has 2 fully saturated rings. The van der Waals surface area contributed by atoms with E-state index in [-0.39, 0.29) is 22.5 Å². The van der Waals surface area contributed by atoms with Gasteiger partial charge in [0.25, 0.3) is 6.23 Å². The Labute approximate surface area is 241 Å². The Kier molecular flexibility index (Phi) is 9.04. The van der Waals surface area contributed by atoms with Crippen LogP contribution in [-0.4, -0.2) is 106 Å². The Bertz CT molecular complexity index is 1580. The summed E-state index contributed by atoms with van der Waals surface area (Å²) in [5, 5.41) is 41.3. The third-order valence-corrected chi connectivity index (χ3v) is 9.26. The first-order valence-corrected chi connectivity index (χ1v) is 15.4. The lowest BCUT2D eigenvalue weighted by molar-refractivity contribution is -0.765. The van der Waals surface area contributed by atoms with Gasteiger partial charge in [0.2, 0.25) is 0 Å². The van der Waals surface area contributed by atoms with E-state index in [4.69, 9.17) is 24.3 Å². The molecule has 5 rings (SSSR count). The number of phosphoric ester groups is 2. The predicted octanol–water partition coefficient (Wildman–Crippen LogP) is -2.30. The fraction of sp³-hybridized carbons (Fsp3) is 0.476. The molecule has 2 unspecified atom stereocenters. The number of pyridine rings is 1. The number of hydrogen-bond acceptors (Lipinski definition) is 16. The minimum atomic E-state index is -5.50. The minimum absolute atomic E-state index is 0.0501. The molecule has 2 aliphatic heterocycles. The van der Waals surface area contributed by atoms with Crippen LogP contribution >= 0.6 is 15.6 Å². The monoisotopic (exact) mass is 649 g/mol. The van der Waals surface area contributed by atoms with Gasteiger partial charge >= 0.3 is 15.6 Å². The largest absolute Gasteiger partial charge is 0.481 e. The van der Waals surface area contributed by atoms with E-state index < -0.39 is 77.9 Å². The molecule has 0 radical (unpaired) electrons. The third-order valence-electron chi connectivity index (χ3n) is 6.63. The maximum Gasteiger partial charge on any atom is 0.481 e. The zero-order valence-corrected chi connectivity index (χ0v) is 23.5. The molecule has 43 heavy (non-hydrogen) atoms. The number of nitrogen functional groups attached to an aromatic ring is 1. The summed E-state index contributed by atoms with van der Waals surface area (Å²) in [6.07, 6.45) is -6.48. The fourth-order valence-corrected chi connectivity index (χ4v) is 6.92. The number of aldehydes is 1. The lowest BCUT2D eigenvalue weighted by Gasteiger charge is -2.23. The Morgan fingerprint density at radius 3 is 2.56 bits per heavy atom. The molecule has 0 aliphatic carbocycles. The van der Waals surface area contributed by atoms with Gasteiger partial charge in [-0.15, -0.1) is 0 Å². The highest BCUT2D eigenvalue weighted by molar-refractivity contribution is 7.61. The zero-order chi connectivity index (χ0) is 31.1. The lowest BCUT2D eigenvalue weighted by atomic mass is 10.1. The standard InChI is InChI=1S/C21H26N6O14P2/c22-18-13-19(24-8-23-18)27(9-25-13)21-15(31)14(30)12(39-21)7-37-42(33,34)41-43(35,36)40-17-11(6-29)38-20(16(17)32)26-3-1-2-10(4-26)5-28/h1-5,8-9,11-12,14-17,20-21,29-32H,6-7H2,(H3-,22,23,24,33,34,35,36)/p+1/t11-,12-,14-,15-,16-,17-,20-,21-/m1/s1. The Balaban J connectivity index is 1.22. The lowest BCUT2D eigenvalue weighted by Crippen LogP contribution is -2.46. The molecule has 10 atom stereocenters. The fourth-order valence-electron chi connectivity index (χ4n) is 4.63. The number of nitrogens with zero attached hydrogens (tertiary/aromatic N) is 5. The molecule has 234 valence electrons. The maximum absolute atomic E-state index is 12.7. The summed E-state index contributed by atoms with van der Waals surface area (Å²) >= 11 is 0. The van der Waals surface area contributed by atoms with Gasteiger partial charge in [-0.3, -0.25) is 18.4 Å². The average molecular weight is 649 g/mol. The molecule has 0 spiro atoms. The number of hydrogen-bond donors (Lipinski definition) is 7. The van der Waals surface area contributed by atoms with Crippen LogP contribution in [0.5, 0.6) is 0 Å². The summed E-state index contributed by atoms with van der Waals surface area (Å²) < 4.78 is 52.7. The molecule has 2 saturated heterocycles. The minimum Gasteiger partial charge on any atom is -0.394 e. The normalized spacial score (nSPS) is 32.0. The topological polar surface area (TPSA) is 292 Å². The van der Waals surface area contributed by atoms with Gasteiger partial charge in [-0.1, -0.05) is 0 Å². The summed E-state index contributed by atoms with van der Waals surface area (Å²) in [7, 11) is -10.9. The number of phosphoric acid groups is 2. The molecule has 3 aromatic heterocycles. The van der Waals surface area contributed by atoms with Crippen molar-refractivity contribution in [2.75, 3.05) is 18.9 Å². The number of imidazole rings is 1. The molecule has 3 aromatic rings. The number of carbonyl (C=O) groups is 1. The van der Waals surface area contributed by atoms with Crippen molar-refractivity contribution in [3.05, 3.63) is 42.7 Å². The number of aromatic nitrogens is 5. The van der Waals surface area contributed by atoms with E-state index in [9.17, 15) is 44.1 Å². The Morgan fingerprint density at radius 2 is 1.84 bits per heavy atom. The Hall–Kier alpha value is -2.81. The van der Waals surface area contributed by atoms with Crippen LogP contribution in [0, 0.1) is 0 Å². The van der Waals surface area contributed by atoms with Crippen molar-refractivity contribution in [1.29, 1.82) is 0 Å². The van der Waals surface area contributed by atoms with Crippen LogP contribution in [0.15, 0.2) is 37.2 Å². The van der Waals surface area contributed by atoms with Crippen molar-refractivity contribution in [2.45, 2.75) is 49.1 Å². The second kappa shape index (κ2) is 12.3. The molecule has 0 saturated carbocycles. The molecule has 0 aromatic carbocycles. The molecule has 8 N–H and O–H groups in total. The van der Waals surface area contributed by atoms with E-state index in [1.54, 1.807) is 0 Å². The number of rotatable bonds is 11. The first-order valence-electron chi connectivity index (χ1n) is 12.4. The number of aliphatic hydroxyl groups is 4. The quantitative estimate of drug-likeness (QED) is 0.0652. The summed E-state index contributed by atoms with van der Waals surface area (Å²) in [5.41, 5.74) is 6.32. The van der Waals surface area contributed by atoms with Gasteiger partial charge in [-0.05, 0) is 6.07 Å². The highest BCUT2D eigenvalue weighted by Gasteiger charge is 2.53. The summed E-state index contributed by atoms with van der Waals surface area (Å²) in [4.78, 5) is 43.2. The van der Waals surface area contributed by atoms with Crippen molar-refractivity contribution >= 4 is 38.9 Å². The van der Waals surface area contributed by atoms with Gasteiger partial charge in [-0.2, -0.15) is 8.88 Å². The van der Waals surface area contributed by atoms with Crippen LogP contribution < -0.4 is 10.3 Å². The second-order valence-electron chi connectivity index (χ2n) is 9.45. The van der Waals surface area contributed by atoms with Crippen molar-refractivity contribution in [2.24, 2.45) is 0 Å². The molecule has 0 amide bonds. The number of aliphatic hydroxyl groups excluding tert-OH is 4. The molecular formula is C21H27N6O14P2+. The van der Waals surface area contributed by atoms with E-state index in [2.05, 4.69) is 19.3 Å². The molecular weight excluding hydrogens is 622 g/mol. The van der Waals surface area contributed by atoms with Crippen LogP contribution in [0.4, 0.5) is 5.82 Å². The third kappa shape index (κ3) is 6.52. The summed E-state index contributed by atoms with van der Waals surface area (Å²) in [6.45, 7) is -1.71. The number of carbonyl (C=O) groups excluding carboxylic acids is 1. The summed E-state index contributed by atoms with van der Waals surface area (Å²) in [6, 6.07) is 2.94. The highest BCUT2D eigenvalue weighted by atomic mass is 31.3. The van der Waals surface area contributed by atoms with Gasteiger partial charge in [0, 0.05) is 6.07 Å². The molecule has 20 nitrogen and oxygen atoms in total. The number of ether oxygens (including phenoxy) is 2. The van der Waals surface area contributed by atoms with E-state index in [1.807, 2.05) is 0 Å². The molecule has 2 aliphatic rings. The molecule has 22 heteroatoms. The van der Waals surface area contributed by atoms with Gasteiger partial charge < -0.3 is 45.4 Å². The summed E-state index contributed by atoms with van der Waals surface area (Å²) in [5.74, 6) is 0.0501. The average Bonchev–Trinajstić information content (AvgIpc) is 3.61. The molecule has 0 bridgehead atoms. The van der Waals surface area contributed by atoms with Gasteiger partial charge in [-0.25, -0.2) is 24.1 Å². The smallest absolute Gasteiger partial charge is 0.394 e. The Morgan fingerprint density at radius 1 is 1.07 bits per heavy atom. The predicted molar refractivity (Wildman–Crippen MR) is 136 cm³/mol. The van der Waals surface area contributed by atoms with Crippen LogP contribution in [0.25, 0.3) is 11.2 Å². The van der Waals surface area contributed by atoms with Crippen molar-refractivity contribution in [1.82, 2.24) is 19.5 Å². The van der Waals surface area contributed by atoms with Crippen molar-refractivity contribution < 1.29 is 71.5 Å². The van der Waals surface area contributed by atoms with Gasteiger partial charge in [0.05, 0.1) is 25.1 Å².